The Hall–Kier alpha value is -2.82. The second kappa shape index (κ2) is 8.68. The molecule has 0 spiro atoms. The van der Waals surface area contributed by atoms with Crippen molar-refractivity contribution in [1.82, 2.24) is 4.90 Å². The standard InChI is InChI=1S/C24H30N2O3/c1-5-22(27)29-19-12-10-18(11-13-19)23(28)26-16-14-25(15-17-26)21-9-7-6-8-20(21)24(2,3)4/h6-13H,5,14-17H2,1-4H3. The maximum absolute atomic E-state index is 12.9. The summed E-state index contributed by atoms with van der Waals surface area (Å²) < 4.78 is 5.17. The average Bonchev–Trinajstić information content (AvgIpc) is 2.73. The SMILES string of the molecule is CCC(=O)Oc1ccc(C(=O)N2CCN(c3ccccc3C(C)(C)C)CC2)cc1. The van der Waals surface area contributed by atoms with Crippen molar-refractivity contribution >= 4 is 17.6 Å². The van der Waals surface area contributed by atoms with Gasteiger partial charge in [-0.3, -0.25) is 9.59 Å². The lowest BCUT2D eigenvalue weighted by molar-refractivity contribution is -0.134. The molecular formula is C24H30N2O3. The fraction of sp³-hybridized carbons (Fsp3) is 0.417. The predicted molar refractivity (Wildman–Crippen MR) is 116 cm³/mol. The molecule has 1 fully saturated rings. The average molecular weight is 395 g/mol. The van der Waals surface area contributed by atoms with E-state index in [0.29, 0.717) is 30.8 Å². The second-order valence-electron chi connectivity index (χ2n) is 8.40. The fourth-order valence-electron chi connectivity index (χ4n) is 3.59. The van der Waals surface area contributed by atoms with E-state index in [9.17, 15) is 9.59 Å². The monoisotopic (exact) mass is 394 g/mol. The summed E-state index contributed by atoms with van der Waals surface area (Å²) in [5.41, 5.74) is 3.28. The lowest BCUT2D eigenvalue weighted by Gasteiger charge is -2.38. The lowest BCUT2D eigenvalue weighted by atomic mass is 9.85. The summed E-state index contributed by atoms with van der Waals surface area (Å²) in [6, 6.07) is 15.3. The van der Waals surface area contributed by atoms with Crippen molar-refractivity contribution in [3.8, 4) is 5.75 Å². The first-order chi connectivity index (χ1) is 13.8. The number of hydrogen-bond donors (Lipinski definition) is 0. The number of carbonyl (C=O) groups is 2. The molecule has 0 bridgehead atoms. The Bertz CT molecular complexity index is 860. The first-order valence-corrected chi connectivity index (χ1v) is 10.2. The molecule has 5 nitrogen and oxygen atoms in total. The van der Waals surface area contributed by atoms with Gasteiger partial charge in [-0.25, -0.2) is 0 Å². The smallest absolute Gasteiger partial charge is 0.310 e. The highest BCUT2D eigenvalue weighted by Crippen LogP contribution is 2.32. The zero-order chi connectivity index (χ0) is 21.0. The fourth-order valence-corrected chi connectivity index (χ4v) is 3.59. The van der Waals surface area contributed by atoms with Crippen molar-refractivity contribution in [3.63, 3.8) is 0 Å². The summed E-state index contributed by atoms with van der Waals surface area (Å²) in [5.74, 6) is 0.204. The number of esters is 1. The minimum absolute atomic E-state index is 0.0159. The first-order valence-electron chi connectivity index (χ1n) is 10.2. The molecule has 1 aliphatic rings. The minimum atomic E-state index is -0.282. The van der Waals surface area contributed by atoms with Crippen LogP contribution in [0.1, 0.15) is 50.0 Å². The van der Waals surface area contributed by atoms with Gasteiger partial charge in [0.05, 0.1) is 0 Å². The van der Waals surface area contributed by atoms with E-state index in [1.807, 2.05) is 4.90 Å². The van der Waals surface area contributed by atoms with Gasteiger partial charge in [-0.1, -0.05) is 45.9 Å². The van der Waals surface area contributed by atoms with Crippen LogP contribution in [0.2, 0.25) is 0 Å². The molecule has 0 aliphatic carbocycles. The van der Waals surface area contributed by atoms with E-state index in [2.05, 4.69) is 49.9 Å². The zero-order valence-electron chi connectivity index (χ0n) is 17.8. The number of anilines is 1. The van der Waals surface area contributed by atoms with Crippen LogP contribution in [0.15, 0.2) is 48.5 Å². The molecule has 0 N–H and O–H groups in total. The van der Waals surface area contributed by atoms with Crippen LogP contribution in [0.5, 0.6) is 5.75 Å². The Kier molecular flexibility index (Phi) is 6.26. The molecule has 2 aromatic carbocycles. The van der Waals surface area contributed by atoms with E-state index in [1.54, 1.807) is 31.2 Å². The summed E-state index contributed by atoms with van der Waals surface area (Å²) in [5, 5.41) is 0. The van der Waals surface area contributed by atoms with Crippen LogP contribution in [0.4, 0.5) is 5.69 Å². The van der Waals surface area contributed by atoms with Crippen LogP contribution in [-0.4, -0.2) is 43.0 Å². The third kappa shape index (κ3) is 4.97. The van der Waals surface area contributed by atoms with E-state index in [-0.39, 0.29) is 17.3 Å². The molecule has 0 radical (unpaired) electrons. The summed E-state index contributed by atoms with van der Waals surface area (Å²) in [6.45, 7) is 11.4. The molecule has 0 aromatic heterocycles. The molecule has 2 aromatic rings. The third-order valence-corrected chi connectivity index (χ3v) is 5.24. The van der Waals surface area contributed by atoms with Crippen molar-refractivity contribution in [2.75, 3.05) is 31.1 Å². The third-order valence-electron chi connectivity index (χ3n) is 5.24. The number of carbonyl (C=O) groups excluding carboxylic acids is 2. The largest absolute Gasteiger partial charge is 0.427 e. The molecule has 0 atom stereocenters. The normalized spacial score (nSPS) is 14.6. The van der Waals surface area contributed by atoms with Crippen LogP contribution in [0.25, 0.3) is 0 Å². The van der Waals surface area contributed by atoms with Crippen LogP contribution < -0.4 is 9.64 Å². The molecule has 0 saturated carbocycles. The van der Waals surface area contributed by atoms with E-state index < -0.39 is 0 Å². The van der Waals surface area contributed by atoms with Crippen LogP contribution >= 0.6 is 0 Å². The van der Waals surface area contributed by atoms with Gasteiger partial charge in [-0.2, -0.15) is 0 Å². The van der Waals surface area contributed by atoms with Crippen molar-refractivity contribution in [2.45, 2.75) is 39.5 Å². The highest BCUT2D eigenvalue weighted by atomic mass is 16.5. The highest BCUT2D eigenvalue weighted by Gasteiger charge is 2.26. The number of benzene rings is 2. The summed E-state index contributed by atoms with van der Waals surface area (Å²) >= 11 is 0. The Morgan fingerprint density at radius 2 is 1.55 bits per heavy atom. The molecule has 29 heavy (non-hydrogen) atoms. The van der Waals surface area contributed by atoms with Crippen molar-refractivity contribution < 1.29 is 14.3 Å². The molecule has 1 saturated heterocycles. The van der Waals surface area contributed by atoms with Crippen LogP contribution in [0.3, 0.4) is 0 Å². The van der Waals surface area contributed by atoms with Gasteiger partial charge in [0.2, 0.25) is 0 Å². The highest BCUT2D eigenvalue weighted by molar-refractivity contribution is 5.94. The number of ether oxygens (including phenoxy) is 1. The summed E-state index contributed by atoms with van der Waals surface area (Å²) in [7, 11) is 0. The van der Waals surface area contributed by atoms with Crippen molar-refractivity contribution in [3.05, 3.63) is 59.7 Å². The maximum atomic E-state index is 12.9. The van der Waals surface area contributed by atoms with Crippen LogP contribution in [-0.2, 0) is 10.2 Å². The molecule has 1 amide bonds. The quantitative estimate of drug-likeness (QED) is 0.574. The van der Waals surface area contributed by atoms with Crippen molar-refractivity contribution in [1.29, 1.82) is 0 Å². The second-order valence-corrected chi connectivity index (χ2v) is 8.40. The number of rotatable bonds is 4. The molecular weight excluding hydrogens is 364 g/mol. The number of nitrogens with zero attached hydrogens (tertiary/aromatic N) is 2. The molecule has 0 unspecified atom stereocenters. The zero-order valence-corrected chi connectivity index (χ0v) is 17.8. The molecule has 1 aliphatic heterocycles. The van der Waals surface area contributed by atoms with Gasteiger partial charge >= 0.3 is 5.97 Å². The molecule has 5 heteroatoms. The predicted octanol–water partition coefficient (Wildman–Crippen LogP) is 4.26. The van der Waals surface area contributed by atoms with Gasteiger partial charge in [-0.05, 0) is 41.3 Å². The Morgan fingerprint density at radius 3 is 2.14 bits per heavy atom. The van der Waals surface area contributed by atoms with Gasteiger partial charge < -0.3 is 14.5 Å². The summed E-state index contributed by atoms with van der Waals surface area (Å²) in [6.07, 6.45) is 0.323. The van der Waals surface area contributed by atoms with E-state index >= 15 is 0 Å². The van der Waals surface area contributed by atoms with Gasteiger partial charge in [0.15, 0.2) is 0 Å². The van der Waals surface area contributed by atoms with E-state index in [4.69, 9.17) is 4.74 Å². The molecule has 3 rings (SSSR count). The van der Waals surface area contributed by atoms with Gasteiger partial charge in [0, 0.05) is 43.9 Å². The molecule has 1 heterocycles. The first kappa shape index (κ1) is 20.9. The number of hydrogen-bond acceptors (Lipinski definition) is 4. The van der Waals surface area contributed by atoms with Gasteiger partial charge in [0.1, 0.15) is 5.75 Å². The summed E-state index contributed by atoms with van der Waals surface area (Å²) in [4.78, 5) is 28.5. The van der Waals surface area contributed by atoms with E-state index in [1.165, 1.54) is 11.3 Å². The van der Waals surface area contributed by atoms with Gasteiger partial charge in [-0.15, -0.1) is 0 Å². The Balaban J connectivity index is 1.64. The lowest BCUT2D eigenvalue weighted by Crippen LogP contribution is -2.49. The Morgan fingerprint density at radius 1 is 0.931 bits per heavy atom. The number of amides is 1. The van der Waals surface area contributed by atoms with Crippen molar-refractivity contribution in [2.24, 2.45) is 0 Å². The number of para-hydroxylation sites is 1. The molecule has 154 valence electrons. The van der Waals surface area contributed by atoms with Gasteiger partial charge in [0.25, 0.3) is 5.91 Å². The minimum Gasteiger partial charge on any atom is -0.427 e. The topological polar surface area (TPSA) is 49.9 Å². The van der Waals surface area contributed by atoms with Crippen LogP contribution in [0, 0.1) is 0 Å². The number of piperazine rings is 1. The maximum Gasteiger partial charge on any atom is 0.310 e. The Labute approximate surface area is 173 Å². The van der Waals surface area contributed by atoms with E-state index in [0.717, 1.165) is 13.1 Å².